The van der Waals surface area contributed by atoms with Gasteiger partial charge in [0.25, 0.3) is 0 Å². The smallest absolute Gasteiger partial charge is 0.227 e. The number of carbonyl (C=O) groups is 1. The molecule has 0 aromatic carbocycles. The van der Waals surface area contributed by atoms with Gasteiger partial charge in [0.15, 0.2) is 11.8 Å². The van der Waals surface area contributed by atoms with E-state index in [-0.39, 0.29) is 29.6 Å². The maximum Gasteiger partial charge on any atom is 0.227 e. The van der Waals surface area contributed by atoms with Crippen LogP contribution in [0.4, 0.5) is 5.69 Å². The number of nitrogens with zero attached hydrogens (tertiary/aromatic N) is 2. The van der Waals surface area contributed by atoms with Gasteiger partial charge in [-0.2, -0.15) is 0 Å². The maximum absolute atomic E-state index is 12.6. The predicted molar refractivity (Wildman–Crippen MR) is 106 cm³/mol. The van der Waals surface area contributed by atoms with Crippen molar-refractivity contribution in [1.82, 2.24) is 9.55 Å². The van der Waals surface area contributed by atoms with Crippen molar-refractivity contribution < 1.29 is 15.0 Å². The van der Waals surface area contributed by atoms with E-state index in [2.05, 4.69) is 10.3 Å². The summed E-state index contributed by atoms with van der Waals surface area (Å²) < 4.78 is 1.74. The SMILES string of the molecule is O=C(Nc1ccnc(Cl)c1)C1CCC(n2c(O)c3c(c2O)[C@H]2CC[C@@H]3C2)CC1. The van der Waals surface area contributed by atoms with Crippen molar-refractivity contribution in [1.29, 1.82) is 0 Å². The maximum atomic E-state index is 12.6. The first kappa shape index (κ1) is 17.9. The molecule has 0 unspecified atom stereocenters. The summed E-state index contributed by atoms with van der Waals surface area (Å²) in [7, 11) is 0. The van der Waals surface area contributed by atoms with Crippen molar-refractivity contribution in [2.45, 2.75) is 62.8 Å². The molecule has 1 amide bonds. The molecular weight excluding hydrogens is 378 g/mol. The van der Waals surface area contributed by atoms with Gasteiger partial charge in [0.05, 0.1) is 0 Å². The molecule has 148 valence electrons. The van der Waals surface area contributed by atoms with E-state index in [0.29, 0.717) is 22.7 Å². The summed E-state index contributed by atoms with van der Waals surface area (Å²) in [5.74, 6) is 1.24. The van der Waals surface area contributed by atoms with Gasteiger partial charge < -0.3 is 15.5 Å². The van der Waals surface area contributed by atoms with Crippen molar-refractivity contribution in [3.63, 3.8) is 0 Å². The molecule has 3 N–H and O–H groups in total. The number of amides is 1. The molecule has 2 heterocycles. The van der Waals surface area contributed by atoms with E-state index in [1.54, 1.807) is 22.9 Å². The minimum atomic E-state index is -0.0777. The van der Waals surface area contributed by atoms with E-state index < -0.39 is 0 Å². The molecule has 2 fully saturated rings. The molecular formula is C21H24ClN3O3. The number of rotatable bonds is 3. The highest BCUT2D eigenvalue weighted by molar-refractivity contribution is 6.29. The van der Waals surface area contributed by atoms with E-state index in [4.69, 9.17) is 11.6 Å². The summed E-state index contributed by atoms with van der Waals surface area (Å²) in [5, 5.41) is 24.9. The van der Waals surface area contributed by atoms with Gasteiger partial charge in [0.2, 0.25) is 5.91 Å². The fourth-order valence-corrected chi connectivity index (χ4v) is 5.75. The quantitative estimate of drug-likeness (QED) is 0.651. The third kappa shape index (κ3) is 2.77. The first-order valence-electron chi connectivity index (χ1n) is 10.1. The van der Waals surface area contributed by atoms with Crippen LogP contribution < -0.4 is 5.32 Å². The Morgan fingerprint density at radius 1 is 1.07 bits per heavy atom. The van der Waals surface area contributed by atoms with Gasteiger partial charge in [0.1, 0.15) is 5.15 Å². The van der Waals surface area contributed by atoms with Gasteiger partial charge >= 0.3 is 0 Å². The van der Waals surface area contributed by atoms with Gasteiger partial charge in [-0.05, 0) is 68.9 Å². The van der Waals surface area contributed by atoms with Crippen LogP contribution >= 0.6 is 11.6 Å². The Morgan fingerprint density at radius 3 is 2.32 bits per heavy atom. The highest BCUT2D eigenvalue weighted by Crippen LogP contribution is 2.60. The lowest BCUT2D eigenvalue weighted by atomic mass is 9.85. The Hall–Kier alpha value is -2.21. The second-order valence-corrected chi connectivity index (χ2v) is 8.80. The number of pyridine rings is 1. The lowest BCUT2D eigenvalue weighted by Crippen LogP contribution is -2.28. The lowest BCUT2D eigenvalue weighted by molar-refractivity contribution is -0.121. The number of aromatic hydroxyl groups is 2. The Kier molecular flexibility index (Phi) is 4.27. The van der Waals surface area contributed by atoms with Crippen molar-refractivity contribution in [3.8, 4) is 11.8 Å². The molecule has 28 heavy (non-hydrogen) atoms. The predicted octanol–water partition coefficient (Wildman–Crippen LogP) is 4.68. The highest BCUT2D eigenvalue weighted by atomic mass is 35.5. The third-order valence-corrected chi connectivity index (χ3v) is 7.11. The molecule has 2 saturated carbocycles. The van der Waals surface area contributed by atoms with Gasteiger partial charge in [-0.25, -0.2) is 4.98 Å². The van der Waals surface area contributed by atoms with E-state index in [9.17, 15) is 15.0 Å². The molecule has 2 aromatic rings. The number of hydrogen-bond acceptors (Lipinski definition) is 4. The molecule has 3 aliphatic carbocycles. The Labute approximate surface area is 168 Å². The fourth-order valence-electron chi connectivity index (χ4n) is 5.58. The second kappa shape index (κ2) is 6.69. The van der Waals surface area contributed by atoms with Gasteiger partial charge in [0, 0.05) is 35.0 Å². The van der Waals surface area contributed by atoms with Crippen LogP contribution in [0.15, 0.2) is 18.3 Å². The molecule has 7 heteroatoms. The van der Waals surface area contributed by atoms with Crippen LogP contribution in [-0.4, -0.2) is 25.7 Å². The standard InChI is InChI=1S/C21H24ClN3O3/c22-16-10-14(7-8-23-16)24-19(26)11-3-5-15(6-4-11)25-20(27)17-12-1-2-13(9-12)18(17)21(25)28/h7-8,10-13,15,27-28H,1-6,9H2,(H,23,24,26)/t11?,12-,13+,15?. The van der Waals surface area contributed by atoms with E-state index in [1.165, 1.54) is 0 Å². The number of halogens is 1. The fraction of sp³-hybridized carbons (Fsp3) is 0.524. The second-order valence-electron chi connectivity index (χ2n) is 8.41. The van der Waals surface area contributed by atoms with Crippen LogP contribution in [0, 0.1) is 5.92 Å². The van der Waals surface area contributed by atoms with E-state index in [0.717, 1.165) is 56.1 Å². The van der Waals surface area contributed by atoms with Gasteiger partial charge in [-0.15, -0.1) is 0 Å². The topological polar surface area (TPSA) is 87.4 Å². The number of anilines is 1. The summed E-state index contributed by atoms with van der Waals surface area (Å²) in [5.41, 5.74) is 2.63. The first-order valence-corrected chi connectivity index (χ1v) is 10.5. The van der Waals surface area contributed by atoms with Crippen LogP contribution in [0.5, 0.6) is 11.8 Å². The molecule has 2 aromatic heterocycles. The van der Waals surface area contributed by atoms with Crippen LogP contribution in [0.25, 0.3) is 0 Å². The van der Waals surface area contributed by atoms with Crippen molar-refractivity contribution in [2.75, 3.05) is 5.32 Å². The Balaban J connectivity index is 1.28. The Bertz CT molecular complexity index is 900. The van der Waals surface area contributed by atoms with Crippen molar-refractivity contribution in [3.05, 3.63) is 34.6 Å². The normalized spacial score (nSPS) is 28.3. The Morgan fingerprint density at radius 2 is 1.71 bits per heavy atom. The summed E-state index contributed by atoms with van der Waals surface area (Å²) in [6, 6.07) is 3.40. The number of fused-ring (bicyclic) bond motifs is 5. The van der Waals surface area contributed by atoms with Crippen molar-refractivity contribution >= 4 is 23.2 Å². The molecule has 2 bridgehead atoms. The first-order chi connectivity index (χ1) is 13.5. The number of carbonyl (C=O) groups excluding carboxylic acids is 1. The molecule has 5 rings (SSSR count). The zero-order valence-corrected chi connectivity index (χ0v) is 16.3. The third-order valence-electron chi connectivity index (χ3n) is 6.90. The zero-order chi connectivity index (χ0) is 19.4. The number of aromatic nitrogens is 2. The minimum absolute atomic E-state index is 0.0118. The molecule has 0 aliphatic heterocycles. The molecule has 0 spiro atoms. The summed E-state index contributed by atoms with van der Waals surface area (Å²) in [6.07, 6.45) is 7.84. The van der Waals surface area contributed by atoms with Crippen LogP contribution in [0.2, 0.25) is 5.15 Å². The van der Waals surface area contributed by atoms with Gasteiger partial charge in [-0.3, -0.25) is 9.36 Å². The van der Waals surface area contributed by atoms with E-state index >= 15 is 0 Å². The van der Waals surface area contributed by atoms with E-state index in [1.807, 2.05) is 0 Å². The average Bonchev–Trinajstić information content (AvgIpc) is 3.36. The number of hydrogen-bond donors (Lipinski definition) is 3. The van der Waals surface area contributed by atoms with Crippen LogP contribution in [0.1, 0.15) is 74.0 Å². The van der Waals surface area contributed by atoms with Crippen LogP contribution in [-0.2, 0) is 4.79 Å². The molecule has 0 saturated heterocycles. The lowest BCUT2D eigenvalue weighted by Gasteiger charge is -2.29. The van der Waals surface area contributed by atoms with Gasteiger partial charge in [-0.1, -0.05) is 11.6 Å². The zero-order valence-electron chi connectivity index (χ0n) is 15.6. The molecule has 2 atom stereocenters. The van der Waals surface area contributed by atoms with Crippen LogP contribution in [0.3, 0.4) is 0 Å². The molecule has 6 nitrogen and oxygen atoms in total. The minimum Gasteiger partial charge on any atom is -0.494 e. The average molecular weight is 402 g/mol. The highest BCUT2D eigenvalue weighted by Gasteiger charge is 2.45. The monoisotopic (exact) mass is 401 g/mol. The largest absolute Gasteiger partial charge is 0.494 e. The molecule has 0 radical (unpaired) electrons. The summed E-state index contributed by atoms with van der Waals surface area (Å²) in [4.78, 5) is 16.5. The summed E-state index contributed by atoms with van der Waals surface area (Å²) >= 11 is 5.87. The van der Waals surface area contributed by atoms with Crippen molar-refractivity contribution in [2.24, 2.45) is 5.92 Å². The number of nitrogens with one attached hydrogen (secondary N) is 1. The molecule has 3 aliphatic rings. The summed E-state index contributed by atoms with van der Waals surface area (Å²) in [6.45, 7) is 0.